The van der Waals surface area contributed by atoms with Gasteiger partial charge in [-0.15, -0.1) is 0 Å². The highest BCUT2D eigenvalue weighted by Crippen LogP contribution is 1.91. The summed E-state index contributed by atoms with van der Waals surface area (Å²) in [6.45, 7) is 2.17. The molecule has 0 aliphatic rings. The molecule has 0 saturated heterocycles. The van der Waals surface area contributed by atoms with Gasteiger partial charge >= 0.3 is 0 Å². The first-order valence-electron chi connectivity index (χ1n) is 2.20. The van der Waals surface area contributed by atoms with E-state index in [0.717, 1.165) is 0 Å². The first kappa shape index (κ1) is 6.31. The first-order chi connectivity index (χ1) is 2.91. The zero-order valence-corrected chi connectivity index (χ0v) is 5.14. The maximum Gasteiger partial charge on any atom is 0.00759 e. The lowest BCUT2D eigenvalue weighted by Gasteiger charge is -1.89. The largest absolute Gasteiger partial charge is 0.267 e. The summed E-state index contributed by atoms with van der Waals surface area (Å²) in [4.78, 5) is 0. The van der Waals surface area contributed by atoms with Crippen LogP contribution in [0.5, 0.6) is 0 Å². The van der Waals surface area contributed by atoms with Gasteiger partial charge in [0, 0.05) is 5.75 Å². The van der Waals surface area contributed by atoms with Crippen LogP contribution < -0.4 is 4.72 Å². The molecule has 0 heterocycles. The third kappa shape index (κ3) is 4.31. The number of hydrogen-bond donors (Lipinski definition) is 1. The summed E-state index contributed by atoms with van der Waals surface area (Å²) in [6.07, 6.45) is 1.26. The van der Waals surface area contributed by atoms with Gasteiger partial charge < -0.3 is 0 Å². The van der Waals surface area contributed by atoms with Gasteiger partial charge in [0.25, 0.3) is 0 Å². The van der Waals surface area contributed by atoms with Crippen molar-refractivity contribution in [1.82, 2.24) is 4.72 Å². The molecule has 38 valence electrons. The van der Waals surface area contributed by atoms with Crippen LogP contribution in [0.3, 0.4) is 0 Å². The smallest absolute Gasteiger partial charge is 0.00759 e. The lowest BCUT2D eigenvalue weighted by Crippen LogP contribution is -1.91. The molecule has 6 heavy (non-hydrogen) atoms. The monoisotopic (exact) mass is 105 g/mol. The molecule has 0 radical (unpaired) electrons. The molecule has 0 rings (SSSR count). The fraction of sp³-hybridized carbons (Fsp3) is 1.00. The minimum absolute atomic E-state index is 1.22. The van der Waals surface area contributed by atoms with Gasteiger partial charge in [-0.3, -0.25) is 4.72 Å². The maximum absolute atomic E-state index is 2.99. The summed E-state index contributed by atoms with van der Waals surface area (Å²) < 4.78 is 2.99. The van der Waals surface area contributed by atoms with Crippen molar-refractivity contribution >= 4 is 11.9 Å². The fourth-order valence-corrected chi connectivity index (χ4v) is 0.612. The Morgan fingerprint density at radius 3 is 2.50 bits per heavy atom. The molecule has 0 atom stereocenters. The van der Waals surface area contributed by atoms with E-state index in [1.807, 2.05) is 7.05 Å². The van der Waals surface area contributed by atoms with Crippen LogP contribution in [0.25, 0.3) is 0 Å². The van der Waals surface area contributed by atoms with Crippen molar-refractivity contribution < 1.29 is 0 Å². The second-order valence-electron chi connectivity index (χ2n) is 1.05. The highest BCUT2D eigenvalue weighted by atomic mass is 32.2. The number of rotatable bonds is 3. The van der Waals surface area contributed by atoms with Gasteiger partial charge in [-0.2, -0.15) is 0 Å². The van der Waals surface area contributed by atoms with Crippen LogP contribution in [-0.4, -0.2) is 12.8 Å². The number of nitrogens with one attached hydrogen (secondary N) is 1. The molecule has 0 saturated carbocycles. The summed E-state index contributed by atoms with van der Waals surface area (Å²) in [6, 6.07) is 0. The standard InChI is InChI=1S/C4H11NS/c1-3-4-6-5-2/h5H,3-4H2,1-2H3. The molecule has 0 aliphatic heterocycles. The van der Waals surface area contributed by atoms with Crippen LogP contribution in [0.4, 0.5) is 0 Å². The Balaban J connectivity index is 2.34. The molecule has 0 aromatic heterocycles. The molecule has 0 aliphatic carbocycles. The van der Waals surface area contributed by atoms with Crippen molar-refractivity contribution in [2.24, 2.45) is 0 Å². The molecular formula is C4H11NS. The lowest BCUT2D eigenvalue weighted by molar-refractivity contribution is 1.09. The van der Waals surface area contributed by atoms with E-state index < -0.39 is 0 Å². The Hall–Kier alpha value is 0.310. The Morgan fingerprint density at radius 2 is 2.33 bits per heavy atom. The molecule has 0 aromatic rings. The van der Waals surface area contributed by atoms with Crippen LogP contribution in [0.15, 0.2) is 0 Å². The minimum Gasteiger partial charge on any atom is -0.267 e. The van der Waals surface area contributed by atoms with Crippen LogP contribution in [0.1, 0.15) is 13.3 Å². The average Bonchev–Trinajstić information content (AvgIpc) is 1.61. The molecule has 1 N–H and O–H groups in total. The highest BCUT2D eigenvalue weighted by molar-refractivity contribution is 7.97. The van der Waals surface area contributed by atoms with E-state index >= 15 is 0 Å². The topological polar surface area (TPSA) is 12.0 Å². The van der Waals surface area contributed by atoms with Gasteiger partial charge in [-0.1, -0.05) is 18.9 Å². The van der Waals surface area contributed by atoms with Crippen molar-refractivity contribution in [3.63, 3.8) is 0 Å². The molecule has 0 bridgehead atoms. The Bertz CT molecular complexity index is 19.5. The van der Waals surface area contributed by atoms with E-state index in [4.69, 9.17) is 0 Å². The van der Waals surface area contributed by atoms with Crippen LogP contribution in [-0.2, 0) is 0 Å². The molecular weight excluding hydrogens is 94.1 g/mol. The molecule has 1 nitrogen and oxygen atoms in total. The van der Waals surface area contributed by atoms with Crippen LogP contribution >= 0.6 is 11.9 Å². The molecule has 0 fully saturated rings. The van der Waals surface area contributed by atoms with E-state index in [2.05, 4.69) is 11.6 Å². The molecule has 0 amide bonds. The maximum atomic E-state index is 2.99. The predicted molar refractivity (Wildman–Crippen MR) is 31.8 cm³/mol. The fourth-order valence-electron chi connectivity index (χ4n) is 0.204. The highest BCUT2D eigenvalue weighted by Gasteiger charge is 1.73. The normalized spacial score (nSPS) is 9.00. The Labute approximate surface area is 43.6 Å². The third-order valence-corrected chi connectivity index (χ3v) is 1.35. The Morgan fingerprint density at radius 1 is 1.67 bits per heavy atom. The summed E-state index contributed by atoms with van der Waals surface area (Å²) in [5.74, 6) is 1.22. The SMILES string of the molecule is CCCSNC. The number of hydrogen-bond acceptors (Lipinski definition) is 2. The van der Waals surface area contributed by atoms with Gasteiger partial charge in [0.15, 0.2) is 0 Å². The van der Waals surface area contributed by atoms with E-state index in [1.165, 1.54) is 12.2 Å². The molecule has 0 unspecified atom stereocenters. The van der Waals surface area contributed by atoms with Gasteiger partial charge in [0.05, 0.1) is 0 Å². The van der Waals surface area contributed by atoms with Gasteiger partial charge in [0.1, 0.15) is 0 Å². The van der Waals surface area contributed by atoms with Crippen molar-refractivity contribution in [2.45, 2.75) is 13.3 Å². The van der Waals surface area contributed by atoms with Crippen molar-refractivity contribution in [1.29, 1.82) is 0 Å². The van der Waals surface area contributed by atoms with Crippen molar-refractivity contribution in [3.8, 4) is 0 Å². The third-order valence-electron chi connectivity index (χ3n) is 0.451. The van der Waals surface area contributed by atoms with Crippen molar-refractivity contribution in [3.05, 3.63) is 0 Å². The van der Waals surface area contributed by atoms with E-state index in [0.29, 0.717) is 0 Å². The van der Waals surface area contributed by atoms with Crippen LogP contribution in [0, 0.1) is 0 Å². The average molecular weight is 105 g/mol. The second-order valence-corrected chi connectivity index (χ2v) is 2.16. The second kappa shape index (κ2) is 5.31. The summed E-state index contributed by atoms with van der Waals surface area (Å²) >= 11 is 1.76. The summed E-state index contributed by atoms with van der Waals surface area (Å²) in [5.41, 5.74) is 0. The van der Waals surface area contributed by atoms with E-state index in [1.54, 1.807) is 11.9 Å². The molecule has 2 heteroatoms. The van der Waals surface area contributed by atoms with E-state index in [-0.39, 0.29) is 0 Å². The van der Waals surface area contributed by atoms with Crippen molar-refractivity contribution in [2.75, 3.05) is 12.8 Å². The van der Waals surface area contributed by atoms with Gasteiger partial charge in [0.2, 0.25) is 0 Å². The Kier molecular flexibility index (Phi) is 5.58. The van der Waals surface area contributed by atoms with Gasteiger partial charge in [-0.05, 0) is 13.5 Å². The quantitative estimate of drug-likeness (QED) is 0.428. The molecule has 0 aromatic carbocycles. The van der Waals surface area contributed by atoms with Crippen LogP contribution in [0.2, 0.25) is 0 Å². The van der Waals surface area contributed by atoms with E-state index in [9.17, 15) is 0 Å². The summed E-state index contributed by atoms with van der Waals surface area (Å²) in [7, 11) is 1.94. The minimum atomic E-state index is 1.22. The zero-order chi connectivity index (χ0) is 4.83. The predicted octanol–water partition coefficient (Wildman–Crippen LogP) is 1.26. The molecule has 0 spiro atoms. The first-order valence-corrected chi connectivity index (χ1v) is 3.19. The zero-order valence-electron chi connectivity index (χ0n) is 4.32. The summed E-state index contributed by atoms with van der Waals surface area (Å²) in [5, 5.41) is 0. The lowest BCUT2D eigenvalue weighted by atomic mass is 10.6. The van der Waals surface area contributed by atoms with Gasteiger partial charge in [-0.25, -0.2) is 0 Å².